The molecule has 1 fully saturated rings. The zero-order valence-electron chi connectivity index (χ0n) is 17.7. The molecular formula is C21H28N6O4S. The summed E-state index contributed by atoms with van der Waals surface area (Å²) in [4.78, 5) is 30.1. The summed E-state index contributed by atoms with van der Waals surface area (Å²) in [7, 11) is -3.46. The monoisotopic (exact) mass is 460 g/mol. The summed E-state index contributed by atoms with van der Waals surface area (Å²) in [5.74, 6) is 0.354. The number of nitrogens with zero attached hydrogens (tertiary/aromatic N) is 3. The highest BCUT2D eigenvalue weighted by atomic mass is 32.2. The number of sulfonamides is 1. The van der Waals surface area contributed by atoms with Crippen LogP contribution in [-0.4, -0.2) is 74.7 Å². The number of carbonyl (C=O) groups is 2. The zero-order chi connectivity index (χ0) is 22.8. The molecule has 3 N–H and O–H groups in total. The van der Waals surface area contributed by atoms with Crippen LogP contribution in [0.15, 0.2) is 54.7 Å². The van der Waals surface area contributed by atoms with Crippen LogP contribution in [-0.2, 0) is 14.8 Å². The topological polar surface area (TPSA) is 124 Å². The molecule has 0 atom stereocenters. The van der Waals surface area contributed by atoms with E-state index >= 15 is 0 Å². The summed E-state index contributed by atoms with van der Waals surface area (Å²) in [5.41, 5.74) is 0.653. The zero-order valence-corrected chi connectivity index (χ0v) is 18.6. The molecule has 1 aliphatic heterocycles. The quantitative estimate of drug-likeness (QED) is 0.510. The van der Waals surface area contributed by atoms with Gasteiger partial charge < -0.3 is 20.9 Å². The van der Waals surface area contributed by atoms with Crippen molar-refractivity contribution in [3.63, 3.8) is 0 Å². The minimum Gasteiger partial charge on any atom is -0.355 e. The Morgan fingerprint density at radius 1 is 0.906 bits per heavy atom. The number of amides is 3. The lowest BCUT2D eigenvalue weighted by molar-refractivity contribution is -0.120. The molecule has 0 aliphatic carbocycles. The molecule has 1 aromatic carbocycles. The third kappa shape index (κ3) is 7.20. The molecule has 3 amide bonds. The van der Waals surface area contributed by atoms with Crippen LogP contribution in [0.4, 0.5) is 16.3 Å². The predicted molar refractivity (Wildman–Crippen MR) is 123 cm³/mol. The first-order valence-electron chi connectivity index (χ1n) is 10.4. The van der Waals surface area contributed by atoms with Gasteiger partial charge in [0.05, 0.1) is 5.75 Å². The Morgan fingerprint density at radius 2 is 1.62 bits per heavy atom. The summed E-state index contributed by atoms with van der Waals surface area (Å²) >= 11 is 0. The summed E-state index contributed by atoms with van der Waals surface area (Å²) in [6, 6.07) is 14.2. The number of urea groups is 1. The molecule has 32 heavy (non-hydrogen) atoms. The van der Waals surface area contributed by atoms with Crippen LogP contribution in [0.3, 0.4) is 0 Å². The van der Waals surface area contributed by atoms with Gasteiger partial charge in [0, 0.05) is 57.6 Å². The van der Waals surface area contributed by atoms with Crippen molar-refractivity contribution in [2.24, 2.45) is 0 Å². The molecule has 11 heteroatoms. The van der Waals surface area contributed by atoms with Gasteiger partial charge in [0.1, 0.15) is 5.82 Å². The number of anilines is 2. The fraction of sp³-hybridized carbons (Fsp3) is 0.381. The Morgan fingerprint density at radius 3 is 2.31 bits per heavy atom. The van der Waals surface area contributed by atoms with E-state index < -0.39 is 16.1 Å². The molecule has 1 aromatic heterocycles. The first kappa shape index (κ1) is 23.5. The molecule has 3 rings (SSSR count). The van der Waals surface area contributed by atoms with Crippen LogP contribution >= 0.6 is 0 Å². The van der Waals surface area contributed by atoms with Crippen molar-refractivity contribution in [1.82, 2.24) is 19.9 Å². The first-order valence-corrected chi connectivity index (χ1v) is 12.1. The van der Waals surface area contributed by atoms with E-state index in [-0.39, 0.29) is 31.2 Å². The van der Waals surface area contributed by atoms with Crippen molar-refractivity contribution in [1.29, 1.82) is 0 Å². The van der Waals surface area contributed by atoms with Crippen molar-refractivity contribution in [2.75, 3.05) is 55.2 Å². The van der Waals surface area contributed by atoms with Gasteiger partial charge in [-0.3, -0.25) is 4.79 Å². The molecule has 10 nitrogen and oxygen atoms in total. The highest BCUT2D eigenvalue weighted by Gasteiger charge is 2.27. The second-order valence-electron chi connectivity index (χ2n) is 7.24. The van der Waals surface area contributed by atoms with Crippen LogP contribution in [0.2, 0.25) is 0 Å². The second kappa shape index (κ2) is 11.4. The van der Waals surface area contributed by atoms with E-state index in [1.807, 2.05) is 24.3 Å². The average molecular weight is 461 g/mol. The van der Waals surface area contributed by atoms with Gasteiger partial charge in [-0.05, 0) is 24.3 Å². The van der Waals surface area contributed by atoms with E-state index in [9.17, 15) is 18.0 Å². The summed E-state index contributed by atoms with van der Waals surface area (Å²) in [6.45, 7) is 2.07. The Bertz CT molecular complexity index is 980. The van der Waals surface area contributed by atoms with E-state index in [1.165, 1.54) is 4.31 Å². The maximum Gasteiger partial charge on any atom is 0.319 e. The first-order chi connectivity index (χ1) is 15.4. The maximum absolute atomic E-state index is 12.6. The van der Waals surface area contributed by atoms with Crippen molar-refractivity contribution < 1.29 is 18.0 Å². The normalized spacial score (nSPS) is 14.6. The minimum atomic E-state index is -3.46. The number of para-hydroxylation sites is 1. The number of aromatic nitrogens is 1. The molecule has 1 saturated heterocycles. The van der Waals surface area contributed by atoms with Gasteiger partial charge in [0.25, 0.3) is 0 Å². The van der Waals surface area contributed by atoms with E-state index in [1.54, 1.807) is 30.5 Å². The third-order valence-corrected chi connectivity index (χ3v) is 6.83. The number of nitrogens with one attached hydrogen (secondary N) is 3. The number of pyridine rings is 1. The minimum absolute atomic E-state index is 0.0256. The van der Waals surface area contributed by atoms with E-state index in [0.717, 1.165) is 5.82 Å². The van der Waals surface area contributed by atoms with Crippen molar-refractivity contribution in [2.45, 2.75) is 6.42 Å². The van der Waals surface area contributed by atoms with Gasteiger partial charge in [-0.15, -0.1) is 0 Å². The van der Waals surface area contributed by atoms with Crippen LogP contribution in [0.1, 0.15) is 6.42 Å². The van der Waals surface area contributed by atoms with E-state index in [2.05, 4.69) is 25.8 Å². The Hall–Kier alpha value is -3.18. The maximum atomic E-state index is 12.6. The van der Waals surface area contributed by atoms with Crippen LogP contribution in [0.25, 0.3) is 0 Å². The molecule has 2 aromatic rings. The Kier molecular flexibility index (Phi) is 8.40. The summed E-state index contributed by atoms with van der Waals surface area (Å²) in [5, 5.41) is 7.84. The largest absolute Gasteiger partial charge is 0.355 e. The highest BCUT2D eigenvalue weighted by Crippen LogP contribution is 2.14. The van der Waals surface area contributed by atoms with Gasteiger partial charge in [0.2, 0.25) is 15.9 Å². The number of carbonyl (C=O) groups excluding carboxylic acids is 2. The average Bonchev–Trinajstić information content (AvgIpc) is 2.80. The lowest BCUT2D eigenvalue weighted by Gasteiger charge is -2.34. The molecule has 0 bridgehead atoms. The number of benzene rings is 1. The molecule has 172 valence electrons. The highest BCUT2D eigenvalue weighted by molar-refractivity contribution is 7.89. The van der Waals surface area contributed by atoms with Crippen LogP contribution in [0.5, 0.6) is 0 Å². The number of rotatable bonds is 9. The molecule has 0 saturated carbocycles. The van der Waals surface area contributed by atoms with Gasteiger partial charge in [-0.25, -0.2) is 18.2 Å². The van der Waals surface area contributed by atoms with Crippen LogP contribution < -0.4 is 20.9 Å². The summed E-state index contributed by atoms with van der Waals surface area (Å²) < 4.78 is 26.6. The SMILES string of the molecule is O=C(CCNC(=O)Nc1ccccc1)NCCS(=O)(=O)N1CCN(c2ccccn2)CC1. The number of hydrogen-bond donors (Lipinski definition) is 3. The molecule has 0 spiro atoms. The lowest BCUT2D eigenvalue weighted by Crippen LogP contribution is -2.50. The van der Waals surface area contributed by atoms with Gasteiger partial charge >= 0.3 is 6.03 Å². The number of hydrogen-bond acceptors (Lipinski definition) is 6. The fourth-order valence-corrected chi connectivity index (χ4v) is 4.60. The fourth-order valence-electron chi connectivity index (χ4n) is 3.26. The van der Waals surface area contributed by atoms with Gasteiger partial charge in [-0.1, -0.05) is 24.3 Å². The van der Waals surface area contributed by atoms with Crippen LogP contribution in [0, 0.1) is 0 Å². The second-order valence-corrected chi connectivity index (χ2v) is 9.33. The van der Waals surface area contributed by atoms with E-state index in [4.69, 9.17) is 0 Å². The predicted octanol–water partition coefficient (Wildman–Crippen LogP) is 0.861. The molecule has 0 radical (unpaired) electrons. The lowest BCUT2D eigenvalue weighted by atomic mass is 10.3. The standard InChI is InChI=1S/C21H28N6O4S/c28-20(9-11-24-21(29)25-18-6-2-1-3-7-18)23-12-17-32(30,31)27-15-13-26(14-16-27)19-8-4-5-10-22-19/h1-8,10H,9,11-17H2,(H,23,28)(H2,24,25,29). The molecular weight excluding hydrogens is 432 g/mol. The Labute approximate surface area is 188 Å². The molecule has 2 heterocycles. The Balaban J connectivity index is 1.31. The van der Waals surface area contributed by atoms with E-state index in [0.29, 0.717) is 31.9 Å². The van der Waals surface area contributed by atoms with Crippen molar-refractivity contribution in [3.8, 4) is 0 Å². The van der Waals surface area contributed by atoms with Crippen molar-refractivity contribution >= 4 is 33.5 Å². The smallest absolute Gasteiger partial charge is 0.319 e. The summed E-state index contributed by atoms with van der Waals surface area (Å²) in [6.07, 6.45) is 1.78. The van der Waals surface area contributed by atoms with Gasteiger partial charge in [0.15, 0.2) is 0 Å². The van der Waals surface area contributed by atoms with Crippen molar-refractivity contribution in [3.05, 3.63) is 54.7 Å². The number of piperazine rings is 1. The molecule has 1 aliphatic rings. The molecule has 0 unspecified atom stereocenters. The third-order valence-electron chi connectivity index (χ3n) is 4.96. The van der Waals surface area contributed by atoms with Gasteiger partial charge in [-0.2, -0.15) is 4.31 Å².